The van der Waals surface area contributed by atoms with Crippen molar-refractivity contribution in [3.05, 3.63) is 0 Å². The molecule has 102 valence electrons. The largest absolute Gasteiger partial charge is 0.468 e. The van der Waals surface area contributed by atoms with E-state index in [0.29, 0.717) is 12.0 Å². The number of hydrogen-bond donors (Lipinski definition) is 1. The van der Waals surface area contributed by atoms with Crippen LogP contribution in [0.1, 0.15) is 38.5 Å². The third-order valence-corrected chi connectivity index (χ3v) is 4.78. The first-order chi connectivity index (χ1) is 8.78. The third-order valence-electron chi connectivity index (χ3n) is 4.78. The summed E-state index contributed by atoms with van der Waals surface area (Å²) in [5.41, 5.74) is 0. The molecule has 1 aliphatic carbocycles. The lowest BCUT2D eigenvalue weighted by Crippen LogP contribution is -2.51. The Morgan fingerprint density at radius 3 is 2.83 bits per heavy atom. The zero-order valence-electron chi connectivity index (χ0n) is 11.2. The Hall–Kier alpha value is -0.610. The van der Waals surface area contributed by atoms with Crippen molar-refractivity contribution in [2.75, 3.05) is 20.2 Å². The molecule has 0 radical (unpaired) electrons. The first-order valence-corrected chi connectivity index (χ1v) is 7.36. The number of hydrogen-bond acceptors (Lipinski definition) is 4. The maximum absolute atomic E-state index is 11.8. The van der Waals surface area contributed by atoms with E-state index in [2.05, 4.69) is 10.2 Å². The fourth-order valence-electron chi connectivity index (χ4n) is 3.58. The fourth-order valence-corrected chi connectivity index (χ4v) is 3.58. The third kappa shape index (κ3) is 2.54. The molecule has 1 N–H and O–H groups in total. The minimum absolute atomic E-state index is 0.0482. The van der Waals surface area contributed by atoms with Gasteiger partial charge < -0.3 is 15.0 Å². The molecule has 4 heteroatoms. The molecule has 2 saturated heterocycles. The summed E-state index contributed by atoms with van der Waals surface area (Å²) < 4.78 is 4.93. The van der Waals surface area contributed by atoms with Crippen molar-refractivity contribution >= 4 is 5.97 Å². The van der Waals surface area contributed by atoms with Crippen LogP contribution in [0.15, 0.2) is 0 Å². The van der Waals surface area contributed by atoms with Crippen LogP contribution in [-0.4, -0.2) is 49.2 Å². The molecule has 2 heterocycles. The normalized spacial score (nSPS) is 34.1. The molecule has 3 aliphatic rings. The first kappa shape index (κ1) is 12.4. The van der Waals surface area contributed by atoms with E-state index in [1.54, 1.807) is 0 Å². The number of nitrogens with one attached hydrogen (secondary N) is 1. The zero-order chi connectivity index (χ0) is 12.5. The van der Waals surface area contributed by atoms with Crippen LogP contribution in [0.5, 0.6) is 0 Å². The number of methoxy groups -OCH3 is 1. The number of esters is 1. The second kappa shape index (κ2) is 5.17. The lowest BCUT2D eigenvalue weighted by Gasteiger charge is -2.36. The van der Waals surface area contributed by atoms with Crippen LogP contribution in [0.4, 0.5) is 0 Å². The molecular formula is C14H24N2O2. The molecule has 3 atom stereocenters. The molecule has 1 saturated carbocycles. The molecule has 0 aromatic heterocycles. The van der Waals surface area contributed by atoms with E-state index < -0.39 is 0 Å². The summed E-state index contributed by atoms with van der Waals surface area (Å²) >= 11 is 0. The van der Waals surface area contributed by atoms with Gasteiger partial charge in [-0.05, 0) is 57.5 Å². The van der Waals surface area contributed by atoms with Crippen LogP contribution < -0.4 is 5.32 Å². The Balaban J connectivity index is 1.56. The number of ether oxygens (including phenoxy) is 1. The molecule has 2 aliphatic heterocycles. The highest BCUT2D eigenvalue weighted by atomic mass is 16.5. The monoisotopic (exact) mass is 252 g/mol. The van der Waals surface area contributed by atoms with Crippen LogP contribution in [-0.2, 0) is 9.53 Å². The van der Waals surface area contributed by atoms with Crippen molar-refractivity contribution in [3.63, 3.8) is 0 Å². The van der Waals surface area contributed by atoms with E-state index in [9.17, 15) is 4.79 Å². The van der Waals surface area contributed by atoms with Gasteiger partial charge in [-0.15, -0.1) is 0 Å². The van der Waals surface area contributed by atoms with Crippen LogP contribution in [0, 0.1) is 5.92 Å². The molecule has 0 aromatic carbocycles. The van der Waals surface area contributed by atoms with Gasteiger partial charge in [-0.25, -0.2) is 0 Å². The molecule has 18 heavy (non-hydrogen) atoms. The first-order valence-electron chi connectivity index (χ1n) is 7.36. The lowest BCUT2D eigenvalue weighted by molar-refractivity contribution is -0.144. The van der Waals surface area contributed by atoms with E-state index in [-0.39, 0.29) is 12.0 Å². The number of carbonyl (C=O) groups excluding carboxylic acids is 1. The van der Waals surface area contributed by atoms with E-state index in [1.165, 1.54) is 58.7 Å². The topological polar surface area (TPSA) is 41.6 Å². The summed E-state index contributed by atoms with van der Waals surface area (Å²) in [7, 11) is 1.50. The Labute approximate surface area is 109 Å². The molecule has 4 nitrogen and oxygen atoms in total. The Kier molecular flexibility index (Phi) is 3.57. The summed E-state index contributed by atoms with van der Waals surface area (Å²) in [4.78, 5) is 14.4. The van der Waals surface area contributed by atoms with Gasteiger partial charge in [-0.1, -0.05) is 0 Å². The number of piperidine rings is 1. The Bertz CT molecular complexity index is 317. The van der Waals surface area contributed by atoms with Crippen molar-refractivity contribution in [2.24, 2.45) is 5.92 Å². The average molecular weight is 252 g/mol. The van der Waals surface area contributed by atoms with Gasteiger partial charge in [0.1, 0.15) is 6.04 Å². The number of fused-ring (bicyclic) bond motifs is 1. The highest BCUT2D eigenvalue weighted by Crippen LogP contribution is 2.34. The van der Waals surface area contributed by atoms with Gasteiger partial charge in [-0.3, -0.25) is 4.79 Å². The minimum Gasteiger partial charge on any atom is -0.468 e. The maximum atomic E-state index is 11.8. The maximum Gasteiger partial charge on any atom is 0.323 e. The van der Waals surface area contributed by atoms with Crippen molar-refractivity contribution in [3.8, 4) is 0 Å². The van der Waals surface area contributed by atoms with Crippen molar-refractivity contribution < 1.29 is 9.53 Å². The van der Waals surface area contributed by atoms with Gasteiger partial charge in [0.2, 0.25) is 0 Å². The fraction of sp³-hybridized carbons (Fsp3) is 0.929. The molecule has 0 spiro atoms. The van der Waals surface area contributed by atoms with Gasteiger partial charge in [0.15, 0.2) is 0 Å². The van der Waals surface area contributed by atoms with Crippen molar-refractivity contribution in [1.82, 2.24) is 10.2 Å². The van der Waals surface area contributed by atoms with Crippen LogP contribution in [0.25, 0.3) is 0 Å². The number of carbonyl (C=O) groups is 1. The quantitative estimate of drug-likeness (QED) is 0.762. The smallest absolute Gasteiger partial charge is 0.323 e. The van der Waals surface area contributed by atoms with Gasteiger partial charge >= 0.3 is 5.97 Å². The average Bonchev–Trinajstić information content (AvgIpc) is 3.12. The predicted octanol–water partition coefficient (Wildman–Crippen LogP) is 1.15. The Morgan fingerprint density at radius 1 is 1.28 bits per heavy atom. The molecule has 0 aromatic rings. The zero-order valence-corrected chi connectivity index (χ0v) is 11.2. The summed E-state index contributed by atoms with van der Waals surface area (Å²) in [6.45, 7) is 2.47. The lowest BCUT2D eigenvalue weighted by atomic mass is 9.96. The highest BCUT2D eigenvalue weighted by Gasteiger charge is 2.40. The summed E-state index contributed by atoms with van der Waals surface area (Å²) in [6.07, 6.45) is 7.42. The molecule has 0 amide bonds. The van der Waals surface area contributed by atoms with Crippen LogP contribution >= 0.6 is 0 Å². The van der Waals surface area contributed by atoms with Gasteiger partial charge in [0.05, 0.1) is 7.11 Å². The molecule has 3 unspecified atom stereocenters. The SMILES string of the molecule is COC(=O)C(NC1CCN2CCCC2C1)C1CC1. The highest BCUT2D eigenvalue weighted by molar-refractivity contribution is 5.76. The molecule has 0 bridgehead atoms. The summed E-state index contributed by atoms with van der Waals surface area (Å²) in [5.74, 6) is 0.463. The van der Waals surface area contributed by atoms with Gasteiger partial charge in [-0.2, -0.15) is 0 Å². The predicted molar refractivity (Wildman–Crippen MR) is 69.3 cm³/mol. The second-order valence-electron chi connectivity index (χ2n) is 6.06. The minimum atomic E-state index is -0.0636. The van der Waals surface area contributed by atoms with E-state index in [1.807, 2.05) is 0 Å². The van der Waals surface area contributed by atoms with Crippen molar-refractivity contribution in [1.29, 1.82) is 0 Å². The summed E-state index contributed by atoms with van der Waals surface area (Å²) in [6, 6.07) is 1.22. The summed E-state index contributed by atoms with van der Waals surface area (Å²) in [5, 5.41) is 3.58. The van der Waals surface area contributed by atoms with Gasteiger partial charge in [0, 0.05) is 12.1 Å². The standard InChI is InChI=1S/C14H24N2O2/c1-18-14(17)13(10-4-5-10)15-11-6-8-16-7-2-3-12(16)9-11/h10-13,15H,2-9H2,1H3. The van der Waals surface area contributed by atoms with E-state index >= 15 is 0 Å². The van der Waals surface area contributed by atoms with E-state index in [4.69, 9.17) is 4.74 Å². The Morgan fingerprint density at radius 2 is 2.11 bits per heavy atom. The molecule has 3 rings (SSSR count). The second-order valence-corrected chi connectivity index (χ2v) is 6.06. The van der Waals surface area contributed by atoms with Crippen molar-refractivity contribution in [2.45, 2.75) is 56.7 Å². The van der Waals surface area contributed by atoms with E-state index in [0.717, 1.165) is 6.04 Å². The molecule has 3 fully saturated rings. The number of rotatable bonds is 4. The van der Waals surface area contributed by atoms with Crippen LogP contribution in [0.2, 0.25) is 0 Å². The van der Waals surface area contributed by atoms with Gasteiger partial charge in [0.25, 0.3) is 0 Å². The molecular weight excluding hydrogens is 228 g/mol. The number of nitrogens with zero attached hydrogens (tertiary/aromatic N) is 1. The van der Waals surface area contributed by atoms with Crippen LogP contribution in [0.3, 0.4) is 0 Å².